The van der Waals surface area contributed by atoms with Crippen molar-refractivity contribution in [3.63, 3.8) is 0 Å². The summed E-state index contributed by atoms with van der Waals surface area (Å²) in [6, 6.07) is 7.51. The summed E-state index contributed by atoms with van der Waals surface area (Å²) in [6.07, 6.45) is 0.0356. The SMILES string of the molecule is Bc1ccc(OCCC(=O)O)cc1. The second-order valence-electron chi connectivity index (χ2n) is 2.81. The molecule has 0 bridgehead atoms. The Kier molecular flexibility index (Phi) is 3.37. The van der Waals surface area contributed by atoms with Crippen molar-refractivity contribution in [2.24, 2.45) is 0 Å². The topological polar surface area (TPSA) is 46.5 Å². The van der Waals surface area contributed by atoms with E-state index < -0.39 is 5.97 Å². The lowest BCUT2D eigenvalue weighted by molar-refractivity contribution is -0.137. The van der Waals surface area contributed by atoms with Crippen LogP contribution in [0.3, 0.4) is 0 Å². The summed E-state index contributed by atoms with van der Waals surface area (Å²) in [5.74, 6) is -0.126. The first kappa shape index (κ1) is 9.64. The Balaban J connectivity index is 2.37. The van der Waals surface area contributed by atoms with Gasteiger partial charge in [0.1, 0.15) is 13.6 Å². The van der Waals surface area contributed by atoms with Gasteiger partial charge in [-0.15, -0.1) is 0 Å². The zero-order valence-corrected chi connectivity index (χ0v) is 7.49. The van der Waals surface area contributed by atoms with E-state index in [2.05, 4.69) is 0 Å². The molecule has 0 unspecified atom stereocenters. The number of carbonyl (C=O) groups is 1. The molecule has 1 aromatic carbocycles. The van der Waals surface area contributed by atoms with Gasteiger partial charge in [0.15, 0.2) is 0 Å². The molecule has 0 saturated heterocycles. The molecule has 0 amide bonds. The van der Waals surface area contributed by atoms with Crippen LogP contribution < -0.4 is 10.2 Å². The van der Waals surface area contributed by atoms with E-state index in [1.54, 1.807) is 0 Å². The van der Waals surface area contributed by atoms with Gasteiger partial charge in [0.25, 0.3) is 0 Å². The van der Waals surface area contributed by atoms with Crippen LogP contribution in [0.25, 0.3) is 0 Å². The highest BCUT2D eigenvalue weighted by molar-refractivity contribution is 6.32. The fourth-order valence-electron chi connectivity index (χ4n) is 0.891. The maximum Gasteiger partial charge on any atom is 0.306 e. The summed E-state index contributed by atoms with van der Waals surface area (Å²) in [5, 5.41) is 8.36. The number of hydrogen-bond acceptors (Lipinski definition) is 2. The van der Waals surface area contributed by atoms with Gasteiger partial charge in [0, 0.05) is 0 Å². The van der Waals surface area contributed by atoms with Gasteiger partial charge < -0.3 is 9.84 Å². The molecule has 0 radical (unpaired) electrons. The zero-order valence-electron chi connectivity index (χ0n) is 7.49. The van der Waals surface area contributed by atoms with Gasteiger partial charge in [-0.2, -0.15) is 0 Å². The molecule has 0 aliphatic rings. The minimum atomic E-state index is -0.841. The first-order chi connectivity index (χ1) is 6.18. The average molecular weight is 178 g/mol. The van der Waals surface area contributed by atoms with Crippen LogP contribution in [-0.2, 0) is 4.79 Å². The van der Waals surface area contributed by atoms with Crippen LogP contribution in [0.2, 0.25) is 0 Å². The van der Waals surface area contributed by atoms with Crippen molar-refractivity contribution < 1.29 is 14.6 Å². The predicted molar refractivity (Wildman–Crippen MR) is 52.4 cm³/mol. The largest absolute Gasteiger partial charge is 0.493 e. The number of hydrogen-bond donors (Lipinski definition) is 1. The van der Waals surface area contributed by atoms with Crippen LogP contribution in [0.1, 0.15) is 6.42 Å². The predicted octanol–water partition coefficient (Wildman–Crippen LogP) is -0.202. The second-order valence-corrected chi connectivity index (χ2v) is 2.81. The van der Waals surface area contributed by atoms with E-state index in [1.165, 1.54) is 0 Å². The third kappa shape index (κ3) is 3.65. The summed E-state index contributed by atoms with van der Waals surface area (Å²) >= 11 is 0. The molecule has 13 heavy (non-hydrogen) atoms. The van der Waals surface area contributed by atoms with E-state index in [-0.39, 0.29) is 13.0 Å². The molecule has 1 N–H and O–H groups in total. The highest BCUT2D eigenvalue weighted by atomic mass is 16.5. The van der Waals surface area contributed by atoms with Gasteiger partial charge >= 0.3 is 5.97 Å². The second kappa shape index (κ2) is 4.55. The van der Waals surface area contributed by atoms with Gasteiger partial charge in [-0.05, 0) is 12.1 Å². The molecule has 1 rings (SSSR count). The molecule has 3 nitrogen and oxygen atoms in total. The van der Waals surface area contributed by atoms with Crippen molar-refractivity contribution >= 4 is 19.3 Å². The van der Waals surface area contributed by atoms with Gasteiger partial charge in [-0.3, -0.25) is 4.79 Å². The summed E-state index contributed by atoms with van der Waals surface area (Å²) in [4.78, 5) is 10.2. The molecule has 0 aliphatic carbocycles. The number of aliphatic carboxylic acids is 1. The van der Waals surface area contributed by atoms with Gasteiger partial charge in [0.2, 0.25) is 0 Å². The number of rotatable bonds is 4. The molecular weight excluding hydrogens is 167 g/mol. The number of carboxylic acids is 1. The molecule has 0 heterocycles. The molecular formula is C9H11BO3. The van der Waals surface area contributed by atoms with Crippen LogP contribution >= 0.6 is 0 Å². The smallest absolute Gasteiger partial charge is 0.306 e. The molecule has 0 aliphatic heterocycles. The number of carboxylic acid groups (broad SMARTS) is 1. The Hall–Kier alpha value is -1.45. The van der Waals surface area contributed by atoms with Crippen molar-refractivity contribution in [1.29, 1.82) is 0 Å². The third-order valence-corrected chi connectivity index (χ3v) is 1.61. The van der Waals surface area contributed by atoms with E-state index in [4.69, 9.17) is 9.84 Å². The summed E-state index contributed by atoms with van der Waals surface area (Å²) in [5.41, 5.74) is 1.16. The zero-order chi connectivity index (χ0) is 9.68. The standard InChI is InChI=1S/C9H11BO3/c10-7-1-3-8(4-2-7)13-6-5-9(11)12/h1-4H,5-6,10H2,(H,11,12). The summed E-state index contributed by atoms with van der Waals surface area (Å²) in [6.45, 7) is 0.221. The Bertz CT molecular complexity index is 281. The van der Waals surface area contributed by atoms with Crippen LogP contribution in [0.5, 0.6) is 5.75 Å². The first-order valence-corrected chi connectivity index (χ1v) is 4.10. The van der Waals surface area contributed by atoms with Gasteiger partial charge in [-0.25, -0.2) is 0 Å². The number of ether oxygens (including phenoxy) is 1. The molecule has 0 aromatic heterocycles. The van der Waals surface area contributed by atoms with Gasteiger partial charge in [-0.1, -0.05) is 17.6 Å². The highest BCUT2D eigenvalue weighted by Crippen LogP contribution is 2.06. The average Bonchev–Trinajstić information content (AvgIpc) is 2.08. The summed E-state index contributed by atoms with van der Waals surface area (Å²) < 4.78 is 5.19. The molecule has 1 aromatic rings. The molecule has 0 atom stereocenters. The van der Waals surface area contributed by atoms with Crippen LogP contribution in [-0.4, -0.2) is 25.5 Å². The van der Waals surface area contributed by atoms with E-state index in [0.29, 0.717) is 5.75 Å². The van der Waals surface area contributed by atoms with E-state index in [0.717, 1.165) is 5.46 Å². The lowest BCUT2D eigenvalue weighted by Crippen LogP contribution is -2.06. The van der Waals surface area contributed by atoms with Gasteiger partial charge in [0.05, 0.1) is 13.0 Å². The maximum atomic E-state index is 10.2. The monoisotopic (exact) mass is 178 g/mol. The van der Waals surface area contributed by atoms with Crippen molar-refractivity contribution in [1.82, 2.24) is 0 Å². The minimum Gasteiger partial charge on any atom is -0.493 e. The Labute approximate surface area is 77.7 Å². The van der Waals surface area contributed by atoms with Crippen molar-refractivity contribution in [3.8, 4) is 5.75 Å². The maximum absolute atomic E-state index is 10.2. The number of benzene rings is 1. The van der Waals surface area contributed by atoms with Crippen molar-refractivity contribution in [3.05, 3.63) is 24.3 Å². The lowest BCUT2D eigenvalue weighted by atomic mass is 9.97. The fourth-order valence-corrected chi connectivity index (χ4v) is 0.891. The third-order valence-electron chi connectivity index (χ3n) is 1.61. The quantitative estimate of drug-likeness (QED) is 0.649. The van der Waals surface area contributed by atoms with Crippen LogP contribution in [0, 0.1) is 0 Å². The molecule has 0 saturated carbocycles. The fraction of sp³-hybridized carbons (Fsp3) is 0.222. The van der Waals surface area contributed by atoms with Crippen LogP contribution in [0.15, 0.2) is 24.3 Å². The minimum absolute atomic E-state index is 0.0356. The lowest BCUT2D eigenvalue weighted by Gasteiger charge is -2.03. The van der Waals surface area contributed by atoms with E-state index in [9.17, 15) is 4.79 Å². The molecule has 68 valence electrons. The van der Waals surface area contributed by atoms with E-state index in [1.807, 2.05) is 32.1 Å². The van der Waals surface area contributed by atoms with Crippen molar-refractivity contribution in [2.75, 3.05) is 6.61 Å². The van der Waals surface area contributed by atoms with Crippen LogP contribution in [0.4, 0.5) is 0 Å². The molecule has 0 fully saturated rings. The normalized spacial score (nSPS) is 9.54. The summed E-state index contributed by atoms with van der Waals surface area (Å²) in [7, 11) is 1.99. The molecule has 4 heteroatoms. The highest BCUT2D eigenvalue weighted by Gasteiger charge is 1.97. The molecule has 0 spiro atoms. The Morgan fingerprint density at radius 3 is 2.54 bits per heavy atom. The van der Waals surface area contributed by atoms with E-state index >= 15 is 0 Å². The first-order valence-electron chi connectivity index (χ1n) is 4.10. The Morgan fingerprint density at radius 2 is 2.00 bits per heavy atom. The van der Waals surface area contributed by atoms with Crippen molar-refractivity contribution in [2.45, 2.75) is 6.42 Å². The Morgan fingerprint density at radius 1 is 1.38 bits per heavy atom.